The van der Waals surface area contributed by atoms with Crippen molar-refractivity contribution < 1.29 is 14.6 Å². The van der Waals surface area contributed by atoms with Gasteiger partial charge in [-0.1, -0.05) is 36.9 Å². The number of carboxylic acids is 1. The van der Waals surface area contributed by atoms with Crippen LogP contribution in [0.3, 0.4) is 0 Å². The Morgan fingerprint density at radius 2 is 1.89 bits per heavy atom. The molecule has 1 aliphatic heterocycles. The second-order valence-corrected chi connectivity index (χ2v) is 10.5. The van der Waals surface area contributed by atoms with Gasteiger partial charge in [0.1, 0.15) is 0 Å². The van der Waals surface area contributed by atoms with E-state index >= 15 is 0 Å². The largest absolute Gasteiger partial charge is 0.479 e. The summed E-state index contributed by atoms with van der Waals surface area (Å²) < 4.78 is 6.67. The lowest BCUT2D eigenvalue weighted by Gasteiger charge is -2.44. The number of nitrogens with zero attached hydrogens (tertiary/aromatic N) is 4. The number of aromatic nitrogens is 3. The second-order valence-electron chi connectivity index (χ2n) is 10.1. The average molecular weight is 511 g/mol. The lowest BCUT2D eigenvalue weighted by molar-refractivity contribution is -0.139. The van der Waals surface area contributed by atoms with Crippen LogP contribution in [0.4, 0.5) is 5.95 Å². The highest BCUT2D eigenvalue weighted by Crippen LogP contribution is 2.44. The standard InChI is InChI=1S/C27H31ClN4O4/c1-31-22-6-5-18(13-19(22)15-23(25(31)35)36-17-24(33)34)14-21-20(28)16-29-26(30-21)32-11-9-27(10-12-32)7-3-2-4-8-27/h5-6,13,15-16H,2-4,7-12,14,17H2,1H3,(H,33,34). The molecule has 2 aromatic heterocycles. The Labute approximate surface area is 214 Å². The molecular weight excluding hydrogens is 480 g/mol. The first-order valence-electron chi connectivity index (χ1n) is 12.6. The van der Waals surface area contributed by atoms with Crippen LogP contribution in [0.1, 0.15) is 56.2 Å². The van der Waals surface area contributed by atoms with Gasteiger partial charge in [0.2, 0.25) is 5.95 Å². The van der Waals surface area contributed by atoms with Gasteiger partial charge in [-0.2, -0.15) is 0 Å². The molecular formula is C27H31ClN4O4. The first kappa shape index (κ1) is 24.6. The van der Waals surface area contributed by atoms with E-state index in [0.717, 1.165) is 41.2 Å². The van der Waals surface area contributed by atoms with Crippen molar-refractivity contribution in [3.63, 3.8) is 0 Å². The van der Waals surface area contributed by atoms with Gasteiger partial charge < -0.3 is 19.3 Å². The van der Waals surface area contributed by atoms with Gasteiger partial charge in [0.05, 0.1) is 22.4 Å². The van der Waals surface area contributed by atoms with Crippen LogP contribution in [-0.2, 0) is 18.3 Å². The molecule has 0 unspecified atom stereocenters. The summed E-state index contributed by atoms with van der Waals surface area (Å²) in [5.74, 6) is -0.400. The number of fused-ring (bicyclic) bond motifs is 1. The summed E-state index contributed by atoms with van der Waals surface area (Å²) in [6.07, 6.45) is 11.4. The molecule has 0 atom stereocenters. The quantitative estimate of drug-likeness (QED) is 0.518. The highest BCUT2D eigenvalue weighted by atomic mass is 35.5. The molecule has 3 aromatic rings. The second kappa shape index (κ2) is 10.1. The fraction of sp³-hybridized carbons (Fsp3) is 0.481. The monoisotopic (exact) mass is 510 g/mol. The van der Waals surface area contributed by atoms with Crippen LogP contribution in [0.25, 0.3) is 10.9 Å². The molecule has 8 nitrogen and oxygen atoms in total. The molecule has 1 saturated carbocycles. The molecule has 1 aromatic carbocycles. The third kappa shape index (κ3) is 5.05. The van der Waals surface area contributed by atoms with Crippen molar-refractivity contribution in [3.05, 3.63) is 57.1 Å². The molecule has 0 bridgehead atoms. The normalized spacial score (nSPS) is 17.4. The molecule has 0 radical (unpaired) electrons. The number of rotatable bonds is 6. The fourth-order valence-corrected chi connectivity index (χ4v) is 5.86. The van der Waals surface area contributed by atoms with Crippen molar-refractivity contribution in [2.24, 2.45) is 12.5 Å². The zero-order valence-corrected chi connectivity index (χ0v) is 21.3. The number of halogens is 1. The maximum Gasteiger partial charge on any atom is 0.341 e. The minimum absolute atomic E-state index is 0.00717. The lowest BCUT2D eigenvalue weighted by atomic mass is 9.68. The highest BCUT2D eigenvalue weighted by molar-refractivity contribution is 6.31. The van der Waals surface area contributed by atoms with Crippen molar-refractivity contribution in [2.75, 3.05) is 24.6 Å². The van der Waals surface area contributed by atoms with E-state index in [9.17, 15) is 9.59 Å². The van der Waals surface area contributed by atoms with E-state index in [2.05, 4.69) is 9.88 Å². The van der Waals surface area contributed by atoms with Gasteiger partial charge in [0.15, 0.2) is 12.4 Å². The number of aryl methyl sites for hydroxylation is 1. The van der Waals surface area contributed by atoms with Crippen LogP contribution < -0.4 is 15.2 Å². The van der Waals surface area contributed by atoms with E-state index in [1.165, 1.54) is 49.5 Å². The Bertz CT molecular complexity index is 1340. The van der Waals surface area contributed by atoms with Gasteiger partial charge in [-0.25, -0.2) is 14.8 Å². The van der Waals surface area contributed by atoms with E-state index in [4.69, 9.17) is 26.4 Å². The van der Waals surface area contributed by atoms with E-state index in [1.807, 2.05) is 18.2 Å². The smallest absolute Gasteiger partial charge is 0.341 e. The van der Waals surface area contributed by atoms with Crippen molar-refractivity contribution in [1.82, 2.24) is 14.5 Å². The predicted octanol–water partition coefficient (Wildman–Crippen LogP) is 4.59. The first-order valence-corrected chi connectivity index (χ1v) is 13.0. The minimum atomic E-state index is -1.14. The Morgan fingerprint density at radius 3 is 2.61 bits per heavy atom. The van der Waals surface area contributed by atoms with Crippen LogP contribution in [0.2, 0.25) is 5.02 Å². The summed E-state index contributed by atoms with van der Waals surface area (Å²) in [5, 5.41) is 10.2. The Morgan fingerprint density at radius 1 is 1.14 bits per heavy atom. The van der Waals surface area contributed by atoms with Gasteiger partial charge in [-0.3, -0.25) is 4.79 Å². The lowest BCUT2D eigenvalue weighted by Crippen LogP contribution is -2.41. The molecule has 5 rings (SSSR count). The van der Waals surface area contributed by atoms with Gasteiger partial charge in [0.25, 0.3) is 5.56 Å². The number of aliphatic carboxylic acids is 1. The van der Waals surface area contributed by atoms with Crippen LogP contribution in [0.15, 0.2) is 35.3 Å². The molecule has 190 valence electrons. The van der Waals surface area contributed by atoms with Crippen LogP contribution >= 0.6 is 11.6 Å². The number of piperidine rings is 1. The number of benzene rings is 1. The molecule has 3 heterocycles. The molecule has 2 fully saturated rings. The maximum absolute atomic E-state index is 12.5. The fourth-order valence-electron chi connectivity index (χ4n) is 5.70. The van der Waals surface area contributed by atoms with Crippen molar-refractivity contribution in [1.29, 1.82) is 0 Å². The Kier molecular flexibility index (Phi) is 6.88. The number of anilines is 1. The molecule has 1 aliphatic carbocycles. The van der Waals surface area contributed by atoms with Gasteiger partial charge in [-0.15, -0.1) is 0 Å². The number of carbonyl (C=O) groups is 1. The zero-order valence-electron chi connectivity index (χ0n) is 20.5. The van der Waals surface area contributed by atoms with Gasteiger partial charge in [0, 0.05) is 31.9 Å². The van der Waals surface area contributed by atoms with Crippen molar-refractivity contribution in [2.45, 2.75) is 51.4 Å². The maximum atomic E-state index is 12.5. The summed E-state index contributed by atoms with van der Waals surface area (Å²) in [6.45, 7) is 1.38. The first-order chi connectivity index (χ1) is 17.3. The topological polar surface area (TPSA) is 97.5 Å². The summed E-state index contributed by atoms with van der Waals surface area (Å²) >= 11 is 6.50. The molecule has 36 heavy (non-hydrogen) atoms. The number of hydrogen-bond acceptors (Lipinski definition) is 6. The molecule has 1 spiro atoms. The molecule has 2 aliphatic rings. The SMILES string of the molecule is Cn1c(=O)c(OCC(=O)O)cc2cc(Cc3nc(N4CCC5(CCCCC5)CC4)ncc3Cl)ccc21. The summed E-state index contributed by atoms with van der Waals surface area (Å²) in [6, 6.07) is 7.36. The van der Waals surface area contributed by atoms with Crippen molar-refractivity contribution in [3.8, 4) is 5.75 Å². The third-order valence-electron chi connectivity index (χ3n) is 7.80. The average Bonchev–Trinajstić information content (AvgIpc) is 2.87. The van der Waals surface area contributed by atoms with E-state index in [-0.39, 0.29) is 11.3 Å². The van der Waals surface area contributed by atoms with E-state index in [1.54, 1.807) is 19.3 Å². The van der Waals surface area contributed by atoms with Crippen LogP contribution in [0.5, 0.6) is 5.75 Å². The van der Waals surface area contributed by atoms with E-state index in [0.29, 0.717) is 16.9 Å². The Hall–Kier alpha value is -3.13. The summed E-state index contributed by atoms with van der Waals surface area (Å²) in [5.41, 5.74) is 2.59. The predicted molar refractivity (Wildman–Crippen MR) is 139 cm³/mol. The number of carboxylic acid groups (broad SMARTS) is 1. The highest BCUT2D eigenvalue weighted by Gasteiger charge is 2.36. The van der Waals surface area contributed by atoms with E-state index < -0.39 is 12.6 Å². The third-order valence-corrected chi connectivity index (χ3v) is 8.12. The van der Waals surface area contributed by atoms with Crippen molar-refractivity contribution >= 4 is 34.4 Å². The molecule has 1 N–H and O–H groups in total. The summed E-state index contributed by atoms with van der Waals surface area (Å²) in [7, 11) is 1.64. The minimum Gasteiger partial charge on any atom is -0.479 e. The number of ether oxygens (including phenoxy) is 1. The molecule has 0 amide bonds. The number of pyridine rings is 1. The zero-order chi connectivity index (χ0) is 25.3. The Balaban J connectivity index is 1.36. The number of hydrogen-bond donors (Lipinski definition) is 1. The van der Waals surface area contributed by atoms with Gasteiger partial charge >= 0.3 is 5.97 Å². The van der Waals surface area contributed by atoms with Crippen LogP contribution in [-0.4, -0.2) is 45.3 Å². The molecule has 9 heteroatoms. The molecule has 1 saturated heterocycles. The van der Waals surface area contributed by atoms with Gasteiger partial charge in [-0.05, 0) is 54.9 Å². The van der Waals surface area contributed by atoms with Crippen LogP contribution in [0, 0.1) is 5.41 Å². The summed E-state index contributed by atoms with van der Waals surface area (Å²) in [4.78, 5) is 35.0.